The Morgan fingerprint density at radius 1 is 0.964 bits per heavy atom. The number of benzene rings is 2. The average molecular weight is 372 g/mol. The molecule has 0 spiro atoms. The van der Waals surface area contributed by atoms with Crippen LogP contribution in [-0.2, 0) is 9.59 Å². The second kappa shape index (κ2) is 6.71. The fraction of sp³-hybridized carbons (Fsp3) is 0.273. The summed E-state index contributed by atoms with van der Waals surface area (Å²) in [4.78, 5) is 37.2. The highest BCUT2D eigenvalue weighted by molar-refractivity contribution is 6.00. The van der Waals surface area contributed by atoms with Crippen LogP contribution in [0, 0.1) is 0 Å². The number of nitrogens with zero attached hydrogens (tertiary/aromatic N) is 4. The number of rotatable bonds is 3. The number of aromatic nitrogens is 2. The van der Waals surface area contributed by atoms with Crippen molar-refractivity contribution in [2.24, 2.45) is 0 Å². The van der Waals surface area contributed by atoms with Crippen LogP contribution < -0.4 is 4.90 Å². The zero-order chi connectivity index (χ0) is 19.1. The van der Waals surface area contributed by atoms with Gasteiger partial charge < -0.3 is 4.90 Å². The first-order valence-corrected chi connectivity index (χ1v) is 9.64. The number of anilines is 1. The smallest absolute Gasteiger partial charge is 0.252 e. The Morgan fingerprint density at radius 2 is 1.82 bits per heavy atom. The molecule has 140 valence electrons. The lowest BCUT2D eigenvalue weighted by atomic mass is 10.1. The predicted molar refractivity (Wildman–Crippen MR) is 107 cm³/mol. The van der Waals surface area contributed by atoms with E-state index in [0.717, 1.165) is 23.1 Å². The summed E-state index contributed by atoms with van der Waals surface area (Å²) in [5.41, 5.74) is 1.77. The van der Waals surface area contributed by atoms with E-state index in [1.54, 1.807) is 16.0 Å². The highest BCUT2D eigenvalue weighted by Gasteiger charge is 2.41. The molecule has 2 fully saturated rings. The molecule has 0 aliphatic carbocycles. The summed E-state index contributed by atoms with van der Waals surface area (Å²) in [5, 5.41) is 2.32. The molecule has 28 heavy (non-hydrogen) atoms. The zero-order valence-corrected chi connectivity index (χ0v) is 15.4. The first-order valence-electron chi connectivity index (χ1n) is 9.64. The van der Waals surface area contributed by atoms with Crippen molar-refractivity contribution in [3.63, 3.8) is 0 Å². The lowest BCUT2D eigenvalue weighted by Crippen LogP contribution is -2.42. The molecule has 0 radical (unpaired) electrons. The van der Waals surface area contributed by atoms with Gasteiger partial charge in [0.25, 0.3) is 5.91 Å². The summed E-state index contributed by atoms with van der Waals surface area (Å²) >= 11 is 0. The van der Waals surface area contributed by atoms with Crippen molar-refractivity contribution >= 4 is 28.5 Å². The van der Waals surface area contributed by atoms with E-state index in [4.69, 9.17) is 0 Å². The number of fused-ring (bicyclic) bond motifs is 1. The van der Waals surface area contributed by atoms with Crippen LogP contribution in [0.25, 0.3) is 22.0 Å². The molecule has 2 aliphatic rings. The van der Waals surface area contributed by atoms with E-state index in [2.05, 4.69) is 34.2 Å². The van der Waals surface area contributed by atoms with Gasteiger partial charge in [-0.3, -0.25) is 14.5 Å². The average Bonchev–Trinajstić information content (AvgIpc) is 3.32. The van der Waals surface area contributed by atoms with E-state index in [9.17, 15) is 9.59 Å². The minimum Gasteiger partial charge on any atom is -0.331 e. The fourth-order valence-corrected chi connectivity index (χ4v) is 4.14. The number of carbonyl (C=O) groups is 2. The maximum Gasteiger partial charge on any atom is 0.252 e. The predicted octanol–water partition coefficient (Wildman–Crippen LogP) is 3.02. The quantitative estimate of drug-likeness (QED) is 0.709. The molecule has 2 saturated heterocycles. The zero-order valence-electron chi connectivity index (χ0n) is 15.4. The van der Waals surface area contributed by atoms with Gasteiger partial charge in [-0.25, -0.2) is 9.97 Å². The molecule has 3 aromatic rings. The van der Waals surface area contributed by atoms with Crippen molar-refractivity contribution in [2.75, 3.05) is 18.0 Å². The molecular weight excluding hydrogens is 352 g/mol. The fourth-order valence-electron chi connectivity index (χ4n) is 4.14. The Morgan fingerprint density at radius 3 is 2.64 bits per heavy atom. The van der Waals surface area contributed by atoms with Gasteiger partial charge in [0.05, 0.1) is 5.69 Å². The standard InChI is InChI=1S/C22H20N4O2/c27-20-6-3-12-25(20)19-10-13-26(21(19)28)22-23-11-9-18(24-22)17-8-7-15-4-1-2-5-16(15)14-17/h1-2,4-5,7-9,11,14,19H,3,6,10,12-13H2/t19-/m1/s1. The van der Waals surface area contributed by atoms with Gasteiger partial charge in [-0.05, 0) is 35.7 Å². The molecule has 3 heterocycles. The van der Waals surface area contributed by atoms with Crippen molar-refractivity contribution in [2.45, 2.75) is 25.3 Å². The van der Waals surface area contributed by atoms with Crippen molar-refractivity contribution in [3.05, 3.63) is 54.7 Å². The van der Waals surface area contributed by atoms with Crippen molar-refractivity contribution in [1.82, 2.24) is 14.9 Å². The third-order valence-corrected chi connectivity index (χ3v) is 5.59. The number of carbonyl (C=O) groups excluding carboxylic acids is 2. The van der Waals surface area contributed by atoms with Gasteiger partial charge in [-0.15, -0.1) is 0 Å². The van der Waals surface area contributed by atoms with Gasteiger partial charge in [-0.2, -0.15) is 0 Å². The van der Waals surface area contributed by atoms with E-state index >= 15 is 0 Å². The summed E-state index contributed by atoms with van der Waals surface area (Å²) in [6, 6.07) is 15.9. The van der Waals surface area contributed by atoms with E-state index in [0.29, 0.717) is 31.9 Å². The first kappa shape index (κ1) is 16.9. The Hall–Kier alpha value is -3.28. The van der Waals surface area contributed by atoms with Crippen LogP contribution in [0.3, 0.4) is 0 Å². The maximum absolute atomic E-state index is 12.9. The molecule has 0 N–H and O–H groups in total. The van der Waals surface area contributed by atoms with E-state index in [-0.39, 0.29) is 17.9 Å². The number of hydrogen-bond donors (Lipinski definition) is 0. The number of amides is 2. The maximum atomic E-state index is 12.9. The lowest BCUT2D eigenvalue weighted by Gasteiger charge is -2.22. The van der Waals surface area contributed by atoms with Crippen molar-refractivity contribution in [3.8, 4) is 11.3 Å². The Bertz CT molecular complexity index is 1080. The number of hydrogen-bond acceptors (Lipinski definition) is 4. The van der Waals surface area contributed by atoms with Gasteiger partial charge in [0.2, 0.25) is 11.9 Å². The van der Waals surface area contributed by atoms with Gasteiger partial charge in [0.1, 0.15) is 6.04 Å². The Kier molecular flexibility index (Phi) is 4.04. The van der Waals surface area contributed by atoms with Crippen LogP contribution in [0.4, 0.5) is 5.95 Å². The Labute approximate surface area is 162 Å². The molecule has 0 bridgehead atoms. The summed E-state index contributed by atoms with van der Waals surface area (Å²) in [5.74, 6) is 0.404. The second-order valence-electron chi connectivity index (χ2n) is 7.29. The van der Waals surface area contributed by atoms with Gasteiger partial charge >= 0.3 is 0 Å². The highest BCUT2D eigenvalue weighted by Crippen LogP contribution is 2.28. The minimum absolute atomic E-state index is 0.0750. The van der Waals surface area contributed by atoms with Crippen LogP contribution in [0.2, 0.25) is 0 Å². The molecule has 0 unspecified atom stereocenters. The van der Waals surface area contributed by atoms with Crippen LogP contribution in [-0.4, -0.2) is 45.8 Å². The summed E-state index contributed by atoms with van der Waals surface area (Å²) in [7, 11) is 0. The monoisotopic (exact) mass is 372 g/mol. The lowest BCUT2D eigenvalue weighted by molar-refractivity contribution is -0.134. The van der Waals surface area contributed by atoms with E-state index < -0.39 is 0 Å². The molecule has 1 aromatic heterocycles. The third-order valence-electron chi connectivity index (χ3n) is 5.59. The van der Waals surface area contributed by atoms with Crippen LogP contribution in [0.15, 0.2) is 54.7 Å². The van der Waals surface area contributed by atoms with Gasteiger partial charge in [-0.1, -0.05) is 36.4 Å². The first-order chi connectivity index (χ1) is 13.7. The molecule has 2 aromatic carbocycles. The minimum atomic E-state index is -0.372. The Balaban J connectivity index is 1.44. The van der Waals surface area contributed by atoms with Gasteiger partial charge in [0.15, 0.2) is 0 Å². The van der Waals surface area contributed by atoms with Crippen molar-refractivity contribution < 1.29 is 9.59 Å². The normalized spacial score (nSPS) is 19.8. The molecule has 6 nitrogen and oxygen atoms in total. The summed E-state index contributed by atoms with van der Waals surface area (Å²) < 4.78 is 0. The molecule has 5 rings (SSSR count). The molecule has 0 saturated carbocycles. The molecule has 2 amide bonds. The van der Waals surface area contributed by atoms with Crippen LogP contribution in [0.5, 0.6) is 0 Å². The molecular formula is C22H20N4O2. The number of likely N-dealkylation sites (tertiary alicyclic amines) is 1. The topological polar surface area (TPSA) is 66.4 Å². The third kappa shape index (κ3) is 2.81. The highest BCUT2D eigenvalue weighted by atomic mass is 16.2. The second-order valence-corrected chi connectivity index (χ2v) is 7.29. The van der Waals surface area contributed by atoms with Gasteiger partial charge in [0, 0.05) is 31.3 Å². The molecule has 6 heteroatoms. The molecule has 1 atom stereocenters. The summed E-state index contributed by atoms with van der Waals surface area (Å²) in [6.07, 6.45) is 3.69. The van der Waals surface area contributed by atoms with Crippen molar-refractivity contribution in [1.29, 1.82) is 0 Å². The molecule has 2 aliphatic heterocycles. The van der Waals surface area contributed by atoms with Crippen LogP contribution in [0.1, 0.15) is 19.3 Å². The largest absolute Gasteiger partial charge is 0.331 e. The van der Waals surface area contributed by atoms with E-state index in [1.807, 2.05) is 24.3 Å². The SMILES string of the molecule is O=C1[C@H](N2CCCC2=O)CCN1c1nccc(-c2ccc3ccccc3c2)n1. The van der Waals surface area contributed by atoms with Crippen LogP contribution >= 0.6 is 0 Å². The summed E-state index contributed by atoms with van der Waals surface area (Å²) in [6.45, 7) is 1.20. The van der Waals surface area contributed by atoms with E-state index in [1.165, 1.54) is 5.39 Å².